The molecule has 2 heterocycles. The Labute approximate surface area is 165 Å². The lowest BCUT2D eigenvalue weighted by Crippen LogP contribution is -2.34. The number of carbonyl (C=O) groups excluding carboxylic acids is 1. The molecule has 1 saturated heterocycles. The van der Waals surface area contributed by atoms with Gasteiger partial charge in [-0.1, -0.05) is 29.3 Å². The number of rotatable bonds is 5. The van der Waals surface area contributed by atoms with E-state index >= 15 is 0 Å². The summed E-state index contributed by atoms with van der Waals surface area (Å²) in [5, 5.41) is 0. The molecule has 4 heteroatoms. The summed E-state index contributed by atoms with van der Waals surface area (Å²) < 4.78 is 0.938. The number of halogens is 1. The summed E-state index contributed by atoms with van der Waals surface area (Å²) in [6.45, 7) is 6.24. The van der Waals surface area contributed by atoms with Gasteiger partial charge in [0.05, 0.1) is 0 Å². The molecule has 0 aliphatic carbocycles. The van der Waals surface area contributed by atoms with E-state index < -0.39 is 0 Å². The van der Waals surface area contributed by atoms with E-state index in [9.17, 15) is 4.79 Å². The molecule has 0 bridgehead atoms. The summed E-state index contributed by atoms with van der Waals surface area (Å²) in [6.07, 6.45) is 5.38. The van der Waals surface area contributed by atoms with Crippen molar-refractivity contribution in [2.24, 2.45) is 5.92 Å². The summed E-state index contributed by atoms with van der Waals surface area (Å²) in [5.41, 5.74) is 5.62. The third-order valence-electron chi connectivity index (χ3n) is 5.22. The number of aromatic nitrogens is 1. The molecule has 1 aliphatic rings. The number of benzene rings is 1. The molecular weight excluding hydrogens is 388 g/mol. The number of aryl methyl sites for hydroxylation is 4. The molecule has 2 aromatic rings. The lowest BCUT2D eigenvalue weighted by molar-refractivity contribution is 0.0850. The van der Waals surface area contributed by atoms with E-state index in [0.29, 0.717) is 5.69 Å². The molecule has 0 radical (unpaired) electrons. The van der Waals surface area contributed by atoms with Crippen molar-refractivity contribution in [3.05, 3.63) is 62.9 Å². The number of carbonyl (C=O) groups is 1. The van der Waals surface area contributed by atoms with Crippen molar-refractivity contribution in [3.63, 3.8) is 0 Å². The molecule has 1 aliphatic heterocycles. The van der Waals surface area contributed by atoms with E-state index in [4.69, 9.17) is 0 Å². The largest absolute Gasteiger partial charge is 0.306 e. The van der Waals surface area contributed by atoms with E-state index in [-0.39, 0.29) is 11.7 Å². The first-order valence-corrected chi connectivity index (χ1v) is 10.2. The van der Waals surface area contributed by atoms with Crippen LogP contribution in [0.25, 0.3) is 0 Å². The Morgan fingerprint density at radius 2 is 1.77 bits per heavy atom. The van der Waals surface area contributed by atoms with E-state index in [1.54, 1.807) is 6.20 Å². The van der Waals surface area contributed by atoms with Crippen LogP contribution in [0.5, 0.6) is 0 Å². The fourth-order valence-electron chi connectivity index (χ4n) is 3.85. The Kier molecular flexibility index (Phi) is 6.25. The number of pyridine rings is 1. The lowest BCUT2D eigenvalue weighted by atomic mass is 9.88. The Morgan fingerprint density at radius 1 is 1.12 bits per heavy atom. The van der Waals surface area contributed by atoms with Crippen LogP contribution in [0.4, 0.5) is 0 Å². The molecule has 3 rings (SSSR count). The van der Waals surface area contributed by atoms with Crippen LogP contribution in [0.2, 0.25) is 0 Å². The van der Waals surface area contributed by atoms with Gasteiger partial charge >= 0.3 is 0 Å². The first-order chi connectivity index (χ1) is 12.4. The van der Waals surface area contributed by atoms with Gasteiger partial charge in [0.1, 0.15) is 5.69 Å². The molecule has 3 nitrogen and oxygen atoms in total. The Bertz CT molecular complexity index is 774. The van der Waals surface area contributed by atoms with Gasteiger partial charge in [0, 0.05) is 16.6 Å². The standard InChI is InChI=1S/C22H27BrN2O/c1-15-10-16(2)12-17(11-15)4-5-19-13-20(23)14-24-21(19)22(26)18-6-8-25(3)9-7-18/h10-14,18H,4-9H2,1-3H3. The van der Waals surface area contributed by atoms with Crippen LogP contribution in [-0.2, 0) is 12.8 Å². The SMILES string of the molecule is Cc1cc(C)cc(CCc2cc(Br)cnc2C(=O)C2CCN(C)CC2)c1. The van der Waals surface area contributed by atoms with Crippen LogP contribution in [0, 0.1) is 19.8 Å². The third kappa shape index (κ3) is 4.80. The molecule has 0 amide bonds. The second-order valence-corrected chi connectivity index (χ2v) is 8.51. The van der Waals surface area contributed by atoms with Gasteiger partial charge in [-0.2, -0.15) is 0 Å². The zero-order chi connectivity index (χ0) is 18.7. The topological polar surface area (TPSA) is 33.2 Å². The zero-order valence-corrected chi connectivity index (χ0v) is 17.5. The molecule has 0 spiro atoms. The average molecular weight is 415 g/mol. The maximum Gasteiger partial charge on any atom is 0.184 e. The monoisotopic (exact) mass is 414 g/mol. The van der Waals surface area contributed by atoms with Crippen molar-refractivity contribution < 1.29 is 4.79 Å². The number of Topliss-reactive ketones (excluding diaryl/α,β-unsaturated/α-hetero) is 1. The highest BCUT2D eigenvalue weighted by Crippen LogP contribution is 2.24. The van der Waals surface area contributed by atoms with Crippen LogP contribution in [0.1, 0.15) is 45.6 Å². The molecular formula is C22H27BrN2O. The second-order valence-electron chi connectivity index (χ2n) is 7.60. The van der Waals surface area contributed by atoms with Gasteiger partial charge in [0.25, 0.3) is 0 Å². The van der Waals surface area contributed by atoms with Crippen LogP contribution in [-0.4, -0.2) is 35.8 Å². The summed E-state index contributed by atoms with van der Waals surface area (Å²) in [5.74, 6) is 0.334. The first kappa shape index (κ1) is 19.2. The Hall–Kier alpha value is -1.52. The van der Waals surface area contributed by atoms with Crippen LogP contribution >= 0.6 is 15.9 Å². The quantitative estimate of drug-likeness (QED) is 0.660. The van der Waals surface area contributed by atoms with E-state index in [1.165, 1.54) is 16.7 Å². The predicted octanol–water partition coefficient (Wildman–Crippen LogP) is 4.77. The summed E-state index contributed by atoms with van der Waals surface area (Å²) in [7, 11) is 2.12. The number of nitrogens with zero attached hydrogens (tertiary/aromatic N) is 2. The Morgan fingerprint density at radius 3 is 2.42 bits per heavy atom. The minimum Gasteiger partial charge on any atom is -0.306 e. The molecule has 0 N–H and O–H groups in total. The lowest BCUT2D eigenvalue weighted by Gasteiger charge is -2.28. The summed E-state index contributed by atoms with van der Waals surface area (Å²) in [6, 6.07) is 8.73. The molecule has 0 atom stereocenters. The number of hydrogen-bond acceptors (Lipinski definition) is 3. The van der Waals surface area contributed by atoms with Crippen molar-refractivity contribution in [2.75, 3.05) is 20.1 Å². The highest BCUT2D eigenvalue weighted by Gasteiger charge is 2.27. The molecule has 0 saturated carbocycles. The Balaban J connectivity index is 1.78. The fourth-order valence-corrected chi connectivity index (χ4v) is 4.23. The second kappa shape index (κ2) is 8.45. The highest BCUT2D eigenvalue weighted by atomic mass is 79.9. The van der Waals surface area contributed by atoms with Gasteiger partial charge in [-0.3, -0.25) is 9.78 Å². The molecule has 0 unspecified atom stereocenters. The number of piperidine rings is 1. The van der Waals surface area contributed by atoms with Gasteiger partial charge in [0.15, 0.2) is 5.78 Å². The summed E-state index contributed by atoms with van der Waals surface area (Å²) >= 11 is 3.52. The van der Waals surface area contributed by atoms with Gasteiger partial charge < -0.3 is 4.90 Å². The van der Waals surface area contributed by atoms with Gasteiger partial charge in [-0.15, -0.1) is 0 Å². The molecule has 26 heavy (non-hydrogen) atoms. The van der Waals surface area contributed by atoms with Gasteiger partial charge in [-0.25, -0.2) is 0 Å². The number of ketones is 1. The van der Waals surface area contributed by atoms with Crippen molar-refractivity contribution in [1.82, 2.24) is 9.88 Å². The maximum atomic E-state index is 13.1. The fraction of sp³-hybridized carbons (Fsp3) is 0.455. The molecule has 1 aromatic heterocycles. The van der Waals surface area contributed by atoms with E-state index in [1.807, 2.05) is 0 Å². The normalized spacial score (nSPS) is 16.0. The predicted molar refractivity (Wildman–Crippen MR) is 110 cm³/mol. The smallest absolute Gasteiger partial charge is 0.184 e. The summed E-state index contributed by atoms with van der Waals surface area (Å²) in [4.78, 5) is 19.9. The maximum absolute atomic E-state index is 13.1. The first-order valence-electron chi connectivity index (χ1n) is 9.36. The van der Waals surface area contributed by atoms with Crippen molar-refractivity contribution >= 4 is 21.7 Å². The highest BCUT2D eigenvalue weighted by molar-refractivity contribution is 9.10. The van der Waals surface area contributed by atoms with Crippen molar-refractivity contribution in [3.8, 4) is 0 Å². The number of hydrogen-bond donors (Lipinski definition) is 0. The van der Waals surface area contributed by atoms with Crippen LogP contribution < -0.4 is 0 Å². The van der Waals surface area contributed by atoms with E-state index in [0.717, 1.165) is 48.8 Å². The van der Waals surface area contributed by atoms with E-state index in [2.05, 4.69) is 71.0 Å². The molecule has 1 fully saturated rings. The minimum atomic E-state index is 0.111. The van der Waals surface area contributed by atoms with Gasteiger partial charge in [0.2, 0.25) is 0 Å². The zero-order valence-electron chi connectivity index (χ0n) is 15.9. The molecule has 138 valence electrons. The average Bonchev–Trinajstić information content (AvgIpc) is 2.59. The number of likely N-dealkylation sites (tertiary alicyclic amines) is 1. The van der Waals surface area contributed by atoms with Crippen LogP contribution in [0.15, 0.2) is 34.9 Å². The minimum absolute atomic E-state index is 0.111. The van der Waals surface area contributed by atoms with Crippen LogP contribution in [0.3, 0.4) is 0 Å². The van der Waals surface area contributed by atoms with Crippen molar-refractivity contribution in [2.45, 2.75) is 39.5 Å². The molecule has 1 aromatic carbocycles. The van der Waals surface area contributed by atoms with Crippen molar-refractivity contribution in [1.29, 1.82) is 0 Å². The third-order valence-corrected chi connectivity index (χ3v) is 5.65. The van der Waals surface area contributed by atoms with Gasteiger partial charge in [-0.05, 0) is 92.8 Å².